The van der Waals surface area contributed by atoms with Gasteiger partial charge in [-0.3, -0.25) is 14.9 Å². The van der Waals surface area contributed by atoms with Crippen molar-refractivity contribution in [3.63, 3.8) is 0 Å². The number of imide groups is 1. The fourth-order valence-corrected chi connectivity index (χ4v) is 3.66. The molecule has 1 atom stereocenters. The van der Waals surface area contributed by atoms with E-state index in [2.05, 4.69) is 21.9 Å². The van der Waals surface area contributed by atoms with E-state index in [4.69, 9.17) is 4.52 Å². The minimum atomic E-state index is -0.405. The number of nitrogens with one attached hydrogen (secondary N) is 2. The van der Waals surface area contributed by atoms with Crippen LogP contribution in [-0.4, -0.2) is 30.1 Å². The average molecular weight is 313 g/mol. The third-order valence-corrected chi connectivity index (χ3v) is 4.90. The van der Waals surface area contributed by atoms with Gasteiger partial charge in [-0.05, 0) is 44.3 Å². The van der Waals surface area contributed by atoms with Crippen LogP contribution in [0.15, 0.2) is 22.7 Å². The summed E-state index contributed by atoms with van der Waals surface area (Å²) in [5.41, 5.74) is 2.62. The van der Waals surface area contributed by atoms with E-state index in [0.29, 0.717) is 24.5 Å². The molecule has 6 nitrogen and oxygen atoms in total. The number of rotatable bonds is 2. The number of carbonyl (C=O) groups is 2. The summed E-state index contributed by atoms with van der Waals surface area (Å²) in [7, 11) is 0. The molecule has 3 heterocycles. The van der Waals surface area contributed by atoms with Gasteiger partial charge < -0.3 is 9.84 Å². The molecule has 6 heteroatoms. The number of nitrogens with zero attached hydrogens (tertiary/aromatic N) is 1. The number of carbonyl (C=O) groups excluding carboxylic acids is 2. The number of benzene rings is 1. The Hall–Kier alpha value is -2.21. The number of hydrogen-bond acceptors (Lipinski definition) is 5. The molecule has 0 aliphatic carbocycles. The molecule has 0 spiro atoms. The zero-order valence-electron chi connectivity index (χ0n) is 12.8. The van der Waals surface area contributed by atoms with Crippen molar-refractivity contribution in [1.82, 2.24) is 15.8 Å². The maximum Gasteiger partial charge on any atom is 0.235 e. The van der Waals surface area contributed by atoms with Gasteiger partial charge >= 0.3 is 0 Å². The maximum absolute atomic E-state index is 12.1. The highest BCUT2D eigenvalue weighted by Crippen LogP contribution is 2.36. The first-order chi connectivity index (χ1) is 11.2. The highest BCUT2D eigenvalue weighted by molar-refractivity contribution is 6.02. The molecule has 0 radical (unpaired) electrons. The minimum absolute atomic E-state index is 0.213. The largest absolute Gasteiger partial charge is 0.356 e. The number of fused-ring (bicyclic) bond motifs is 1. The van der Waals surface area contributed by atoms with Gasteiger partial charge in [-0.2, -0.15) is 0 Å². The fourth-order valence-electron chi connectivity index (χ4n) is 3.66. The fraction of sp³-hybridized carbons (Fsp3) is 0.471. The summed E-state index contributed by atoms with van der Waals surface area (Å²) >= 11 is 0. The first-order valence-electron chi connectivity index (χ1n) is 8.16. The van der Waals surface area contributed by atoms with Gasteiger partial charge in [0.1, 0.15) is 5.69 Å². The van der Waals surface area contributed by atoms with Gasteiger partial charge in [0.05, 0.1) is 5.92 Å². The molecule has 0 saturated carbocycles. The zero-order chi connectivity index (χ0) is 15.8. The Morgan fingerprint density at radius 2 is 1.96 bits per heavy atom. The van der Waals surface area contributed by atoms with Crippen molar-refractivity contribution < 1.29 is 14.1 Å². The van der Waals surface area contributed by atoms with Crippen molar-refractivity contribution >= 4 is 22.8 Å². The molecular formula is C17H19N3O3. The number of para-hydroxylation sites is 1. The molecule has 0 bridgehead atoms. The zero-order valence-corrected chi connectivity index (χ0v) is 12.8. The van der Waals surface area contributed by atoms with E-state index >= 15 is 0 Å². The Kier molecular flexibility index (Phi) is 3.61. The van der Waals surface area contributed by atoms with Crippen LogP contribution in [0.2, 0.25) is 0 Å². The second-order valence-electron chi connectivity index (χ2n) is 6.32. The minimum Gasteiger partial charge on any atom is -0.356 e. The molecule has 2 N–H and O–H groups in total. The second kappa shape index (κ2) is 5.77. The third kappa shape index (κ3) is 2.53. The molecule has 1 aromatic carbocycles. The normalized spacial score (nSPS) is 23.2. The lowest BCUT2D eigenvalue weighted by Gasteiger charge is -2.22. The first kappa shape index (κ1) is 14.4. The highest BCUT2D eigenvalue weighted by Gasteiger charge is 2.32. The van der Waals surface area contributed by atoms with E-state index in [0.717, 1.165) is 36.9 Å². The Labute approximate surface area is 133 Å². The summed E-state index contributed by atoms with van der Waals surface area (Å²) in [6.07, 6.45) is 2.99. The van der Waals surface area contributed by atoms with Gasteiger partial charge in [-0.25, -0.2) is 0 Å². The van der Waals surface area contributed by atoms with Crippen LogP contribution in [0.25, 0.3) is 11.0 Å². The van der Waals surface area contributed by atoms with Crippen molar-refractivity contribution in [2.24, 2.45) is 0 Å². The smallest absolute Gasteiger partial charge is 0.235 e. The number of amides is 2. The van der Waals surface area contributed by atoms with Crippen LogP contribution in [0, 0.1) is 0 Å². The molecule has 2 fully saturated rings. The van der Waals surface area contributed by atoms with Gasteiger partial charge in [0.25, 0.3) is 0 Å². The van der Waals surface area contributed by atoms with Gasteiger partial charge in [-0.1, -0.05) is 17.3 Å². The molecule has 2 saturated heterocycles. The lowest BCUT2D eigenvalue weighted by molar-refractivity contribution is -0.134. The Morgan fingerprint density at radius 1 is 1.13 bits per heavy atom. The summed E-state index contributed by atoms with van der Waals surface area (Å²) in [5.74, 6) is -0.433. The Bertz CT molecular complexity index is 762. The lowest BCUT2D eigenvalue weighted by atomic mass is 9.87. The van der Waals surface area contributed by atoms with Crippen LogP contribution in [0.4, 0.5) is 0 Å². The molecule has 4 rings (SSSR count). The van der Waals surface area contributed by atoms with Gasteiger partial charge in [-0.15, -0.1) is 0 Å². The quantitative estimate of drug-likeness (QED) is 0.826. The van der Waals surface area contributed by atoms with Gasteiger partial charge in [0, 0.05) is 17.4 Å². The van der Waals surface area contributed by atoms with Gasteiger partial charge in [0.15, 0.2) is 5.58 Å². The molecule has 120 valence electrons. The third-order valence-electron chi connectivity index (χ3n) is 4.90. The summed E-state index contributed by atoms with van der Waals surface area (Å²) in [6.45, 7) is 2.02. The molecule has 23 heavy (non-hydrogen) atoms. The van der Waals surface area contributed by atoms with Crippen molar-refractivity contribution in [3.05, 3.63) is 29.5 Å². The van der Waals surface area contributed by atoms with Crippen LogP contribution in [0.3, 0.4) is 0 Å². The predicted octanol–water partition coefficient (Wildman–Crippen LogP) is 1.81. The van der Waals surface area contributed by atoms with Crippen molar-refractivity contribution in [3.8, 4) is 0 Å². The SMILES string of the molecule is O=C1CCC(c2noc3c(C4CCNCC4)cccc23)C(=O)N1. The molecule has 1 aromatic heterocycles. The standard InChI is InChI=1S/C17H19N3O3/c21-14-5-4-13(17(22)19-14)15-12-3-1-2-11(16(12)23-20-15)10-6-8-18-9-7-10/h1-3,10,13,18H,4-9H2,(H,19,21,22). The highest BCUT2D eigenvalue weighted by atomic mass is 16.5. The molecule has 2 aliphatic rings. The Balaban J connectivity index is 1.72. The van der Waals surface area contributed by atoms with E-state index in [9.17, 15) is 9.59 Å². The van der Waals surface area contributed by atoms with E-state index in [1.54, 1.807) is 0 Å². The monoisotopic (exact) mass is 313 g/mol. The van der Waals surface area contributed by atoms with Crippen LogP contribution in [0.5, 0.6) is 0 Å². The average Bonchev–Trinajstić information content (AvgIpc) is 2.99. The van der Waals surface area contributed by atoms with Crippen LogP contribution in [0.1, 0.15) is 48.8 Å². The van der Waals surface area contributed by atoms with Crippen LogP contribution in [-0.2, 0) is 9.59 Å². The van der Waals surface area contributed by atoms with E-state index < -0.39 is 5.92 Å². The molecule has 2 amide bonds. The van der Waals surface area contributed by atoms with Gasteiger partial charge in [0.2, 0.25) is 11.8 Å². The summed E-state index contributed by atoms with van der Waals surface area (Å²) in [6, 6.07) is 6.06. The maximum atomic E-state index is 12.1. The van der Waals surface area contributed by atoms with Crippen molar-refractivity contribution in [2.75, 3.05) is 13.1 Å². The van der Waals surface area contributed by atoms with Crippen LogP contribution < -0.4 is 10.6 Å². The molecular weight excluding hydrogens is 294 g/mol. The van der Waals surface area contributed by atoms with E-state index in [1.165, 1.54) is 5.56 Å². The lowest BCUT2D eigenvalue weighted by Crippen LogP contribution is -2.39. The predicted molar refractivity (Wildman–Crippen MR) is 84.0 cm³/mol. The van der Waals surface area contributed by atoms with E-state index in [1.807, 2.05) is 12.1 Å². The number of aromatic nitrogens is 1. The molecule has 2 aromatic rings. The number of piperidine rings is 2. The van der Waals surface area contributed by atoms with Crippen molar-refractivity contribution in [2.45, 2.75) is 37.5 Å². The second-order valence-corrected chi connectivity index (χ2v) is 6.32. The van der Waals surface area contributed by atoms with E-state index in [-0.39, 0.29) is 11.8 Å². The molecule has 2 aliphatic heterocycles. The van der Waals surface area contributed by atoms with Crippen LogP contribution >= 0.6 is 0 Å². The summed E-state index contributed by atoms with van der Waals surface area (Å²) < 4.78 is 5.63. The Morgan fingerprint density at radius 3 is 2.74 bits per heavy atom. The first-order valence-corrected chi connectivity index (χ1v) is 8.16. The summed E-state index contributed by atoms with van der Waals surface area (Å²) in [4.78, 5) is 23.4. The summed E-state index contributed by atoms with van der Waals surface area (Å²) in [5, 5.41) is 10.8. The molecule has 1 unspecified atom stereocenters. The van der Waals surface area contributed by atoms with Crippen molar-refractivity contribution in [1.29, 1.82) is 0 Å². The number of hydrogen-bond donors (Lipinski definition) is 2. The topological polar surface area (TPSA) is 84.2 Å².